The van der Waals surface area contributed by atoms with Crippen molar-refractivity contribution in [2.24, 2.45) is 4.99 Å². The summed E-state index contributed by atoms with van der Waals surface area (Å²) in [5.41, 5.74) is 1.26. The van der Waals surface area contributed by atoms with Crippen LogP contribution in [0.15, 0.2) is 29.3 Å². The molecule has 1 aliphatic carbocycles. The zero-order valence-electron chi connectivity index (χ0n) is 16.5. The largest absolute Gasteiger partial charge is 0.497 e. The van der Waals surface area contributed by atoms with Gasteiger partial charge in [0.2, 0.25) is 0 Å². The fraction of sp³-hybridized carbons (Fsp3) is 0.632. The number of hydrogen-bond donors (Lipinski definition) is 2. The van der Waals surface area contributed by atoms with Gasteiger partial charge in [-0.25, -0.2) is 0 Å². The third-order valence-electron chi connectivity index (χ3n) is 4.87. The molecular formula is C19H33IN4OS. The Labute approximate surface area is 179 Å². The second-order valence-corrected chi connectivity index (χ2v) is 7.86. The molecule has 1 saturated carbocycles. The predicted molar refractivity (Wildman–Crippen MR) is 124 cm³/mol. The van der Waals surface area contributed by atoms with Crippen LogP contribution in [-0.2, 0) is 0 Å². The number of guanidine groups is 1. The van der Waals surface area contributed by atoms with Gasteiger partial charge in [-0.15, -0.1) is 24.0 Å². The van der Waals surface area contributed by atoms with Gasteiger partial charge in [-0.05, 0) is 57.3 Å². The Bertz CT molecular complexity index is 553. The highest BCUT2D eigenvalue weighted by molar-refractivity contribution is 14.0. The lowest BCUT2D eigenvalue weighted by molar-refractivity contribution is 0.297. The normalized spacial score (nSPS) is 21.2. The molecule has 1 aliphatic rings. The third kappa shape index (κ3) is 6.81. The molecule has 26 heavy (non-hydrogen) atoms. The van der Waals surface area contributed by atoms with Crippen molar-refractivity contribution < 1.29 is 4.74 Å². The van der Waals surface area contributed by atoms with Crippen LogP contribution in [0.1, 0.15) is 30.9 Å². The Kier molecular flexibility index (Phi) is 10.7. The summed E-state index contributed by atoms with van der Waals surface area (Å²) in [6.45, 7) is 0.803. The van der Waals surface area contributed by atoms with Gasteiger partial charge in [0.05, 0.1) is 13.2 Å². The summed E-state index contributed by atoms with van der Waals surface area (Å²) in [6, 6.07) is 9.08. The number of nitrogens with one attached hydrogen (secondary N) is 2. The molecule has 7 heteroatoms. The summed E-state index contributed by atoms with van der Waals surface area (Å²) in [4.78, 5) is 6.63. The highest BCUT2D eigenvalue weighted by Gasteiger charge is 2.24. The van der Waals surface area contributed by atoms with Gasteiger partial charge in [0.25, 0.3) is 0 Å². The molecule has 0 radical (unpaired) electrons. The number of halogens is 1. The molecule has 1 aromatic rings. The van der Waals surface area contributed by atoms with E-state index < -0.39 is 0 Å². The average molecular weight is 492 g/mol. The maximum atomic E-state index is 5.26. The lowest BCUT2D eigenvalue weighted by Gasteiger charge is -2.27. The van der Waals surface area contributed by atoms with Crippen LogP contribution in [0.25, 0.3) is 0 Å². The molecule has 0 aliphatic heterocycles. The van der Waals surface area contributed by atoms with Crippen LogP contribution >= 0.6 is 35.7 Å². The first-order chi connectivity index (χ1) is 12.1. The second kappa shape index (κ2) is 11.9. The quantitative estimate of drug-likeness (QED) is 0.347. The van der Waals surface area contributed by atoms with Crippen LogP contribution in [0.5, 0.6) is 5.75 Å². The minimum Gasteiger partial charge on any atom is -0.497 e. The van der Waals surface area contributed by atoms with Crippen LogP contribution in [0.3, 0.4) is 0 Å². The van der Waals surface area contributed by atoms with Crippen LogP contribution in [0, 0.1) is 0 Å². The molecule has 3 atom stereocenters. The molecule has 1 fully saturated rings. The first-order valence-electron chi connectivity index (χ1n) is 8.87. The molecule has 0 saturated heterocycles. The Morgan fingerprint density at radius 1 is 1.31 bits per heavy atom. The molecule has 5 nitrogen and oxygen atoms in total. The maximum absolute atomic E-state index is 5.26. The van der Waals surface area contributed by atoms with Crippen molar-refractivity contribution in [2.75, 3.05) is 41.1 Å². The fourth-order valence-electron chi connectivity index (χ4n) is 3.29. The number of ether oxygens (including phenoxy) is 1. The fourth-order valence-corrected chi connectivity index (χ4v) is 4.09. The van der Waals surface area contributed by atoms with Crippen molar-refractivity contribution in [3.8, 4) is 5.75 Å². The molecule has 0 bridgehead atoms. The molecule has 3 unspecified atom stereocenters. The van der Waals surface area contributed by atoms with E-state index in [0.717, 1.165) is 23.5 Å². The van der Waals surface area contributed by atoms with Gasteiger partial charge >= 0.3 is 0 Å². The summed E-state index contributed by atoms with van der Waals surface area (Å²) in [5.74, 6) is 1.78. The van der Waals surface area contributed by atoms with Crippen molar-refractivity contribution in [1.82, 2.24) is 15.5 Å². The third-order valence-corrected chi connectivity index (χ3v) is 5.96. The second-order valence-electron chi connectivity index (χ2n) is 6.72. The molecule has 148 valence electrons. The van der Waals surface area contributed by atoms with E-state index in [0.29, 0.717) is 6.04 Å². The number of benzene rings is 1. The van der Waals surface area contributed by atoms with Gasteiger partial charge in [-0.3, -0.25) is 4.99 Å². The zero-order valence-corrected chi connectivity index (χ0v) is 19.6. The molecule has 2 N–H and O–H groups in total. The van der Waals surface area contributed by atoms with Gasteiger partial charge in [-0.1, -0.05) is 12.1 Å². The average Bonchev–Trinajstić information content (AvgIpc) is 3.08. The maximum Gasteiger partial charge on any atom is 0.191 e. The first-order valence-corrected chi connectivity index (χ1v) is 10.2. The van der Waals surface area contributed by atoms with E-state index in [4.69, 9.17) is 4.74 Å². The van der Waals surface area contributed by atoms with E-state index in [1.165, 1.54) is 24.8 Å². The monoisotopic (exact) mass is 492 g/mol. The van der Waals surface area contributed by atoms with Crippen LogP contribution < -0.4 is 15.4 Å². The summed E-state index contributed by atoms with van der Waals surface area (Å²) in [6.07, 6.45) is 5.94. The SMILES string of the molecule is CN=C(NCC(c1ccc(OC)cc1)N(C)C)NC1CCC(SC)C1.I. The van der Waals surface area contributed by atoms with Crippen molar-refractivity contribution >= 4 is 41.7 Å². The zero-order chi connectivity index (χ0) is 18.2. The smallest absolute Gasteiger partial charge is 0.191 e. The molecule has 0 aromatic heterocycles. The highest BCUT2D eigenvalue weighted by Crippen LogP contribution is 2.28. The van der Waals surface area contributed by atoms with E-state index >= 15 is 0 Å². The number of rotatable bonds is 7. The van der Waals surface area contributed by atoms with Gasteiger partial charge in [0.15, 0.2) is 5.96 Å². The highest BCUT2D eigenvalue weighted by atomic mass is 127. The Morgan fingerprint density at radius 2 is 2.00 bits per heavy atom. The Hall–Kier alpha value is -0.670. The summed E-state index contributed by atoms with van der Waals surface area (Å²) >= 11 is 1.98. The minimum atomic E-state index is 0. The molecule has 0 heterocycles. The summed E-state index contributed by atoms with van der Waals surface area (Å²) < 4.78 is 5.26. The lowest BCUT2D eigenvalue weighted by atomic mass is 10.1. The number of likely N-dealkylation sites (N-methyl/N-ethyl adjacent to an activating group) is 1. The standard InChI is InChI=1S/C19H32N4OS.HI/c1-20-19(22-15-8-11-17(12-15)25-5)21-13-18(23(2)3)14-6-9-16(24-4)10-7-14;/h6-7,9-10,15,17-18H,8,11-13H2,1-5H3,(H2,20,21,22);1H. The molecule has 0 amide bonds. The van der Waals surface area contributed by atoms with Gasteiger partial charge in [0, 0.05) is 24.9 Å². The van der Waals surface area contributed by atoms with E-state index in [-0.39, 0.29) is 30.0 Å². The number of aliphatic imine (C=N–C) groups is 1. The predicted octanol–water partition coefficient (Wildman–Crippen LogP) is 3.37. The van der Waals surface area contributed by atoms with Gasteiger partial charge in [-0.2, -0.15) is 11.8 Å². The Balaban J connectivity index is 0.00000338. The first kappa shape index (κ1) is 23.4. The molecule has 2 rings (SSSR count). The topological polar surface area (TPSA) is 48.9 Å². The number of methoxy groups -OCH3 is 1. The van der Waals surface area contributed by atoms with Crippen molar-refractivity contribution in [3.63, 3.8) is 0 Å². The van der Waals surface area contributed by atoms with Crippen LogP contribution in [0.2, 0.25) is 0 Å². The molecule has 0 spiro atoms. The van der Waals surface area contributed by atoms with Gasteiger partial charge in [0.1, 0.15) is 5.75 Å². The lowest BCUT2D eigenvalue weighted by Crippen LogP contribution is -2.45. The summed E-state index contributed by atoms with van der Waals surface area (Å²) in [7, 11) is 7.74. The number of hydrogen-bond acceptors (Lipinski definition) is 4. The van der Waals surface area contributed by atoms with E-state index in [1.807, 2.05) is 30.9 Å². The summed E-state index contributed by atoms with van der Waals surface area (Å²) in [5, 5.41) is 7.86. The van der Waals surface area contributed by atoms with E-state index in [9.17, 15) is 0 Å². The molecule has 1 aromatic carbocycles. The van der Waals surface area contributed by atoms with E-state index in [1.54, 1.807) is 7.11 Å². The van der Waals surface area contributed by atoms with Gasteiger partial charge < -0.3 is 20.3 Å². The van der Waals surface area contributed by atoms with Crippen LogP contribution in [0.4, 0.5) is 0 Å². The van der Waals surface area contributed by atoms with Crippen LogP contribution in [-0.4, -0.2) is 63.2 Å². The minimum absolute atomic E-state index is 0. The van der Waals surface area contributed by atoms with Crippen molar-refractivity contribution in [2.45, 2.75) is 36.6 Å². The van der Waals surface area contributed by atoms with E-state index in [2.05, 4.69) is 53.0 Å². The van der Waals surface area contributed by atoms with Crippen molar-refractivity contribution in [1.29, 1.82) is 0 Å². The van der Waals surface area contributed by atoms with Crippen molar-refractivity contribution in [3.05, 3.63) is 29.8 Å². The Morgan fingerprint density at radius 3 is 2.50 bits per heavy atom. The number of thioether (sulfide) groups is 1. The number of nitrogens with zero attached hydrogens (tertiary/aromatic N) is 2. The molecular weight excluding hydrogens is 459 g/mol.